The molecule has 318 valence electrons. The van der Waals surface area contributed by atoms with Crippen molar-refractivity contribution < 1.29 is 0 Å². The molecule has 4 aliphatic carbocycles. The molecule has 9 aromatic carbocycles. The molecule has 16 rings (SSSR count). The number of nitrogens with zero attached hydrogens (tertiary/aromatic N) is 5. The zero-order chi connectivity index (χ0) is 44.3. The zero-order valence-corrected chi connectivity index (χ0v) is 37.9. The minimum absolute atomic E-state index is 0.582. The summed E-state index contributed by atoms with van der Waals surface area (Å²) in [4.78, 5) is 16.8. The van der Waals surface area contributed by atoms with Crippen LogP contribution in [0.25, 0.3) is 66.9 Å². The van der Waals surface area contributed by atoms with Gasteiger partial charge in [0, 0.05) is 27.1 Å². The number of para-hydroxylation sites is 3. The van der Waals surface area contributed by atoms with E-state index in [4.69, 9.17) is 15.0 Å². The third kappa shape index (κ3) is 6.39. The van der Waals surface area contributed by atoms with Gasteiger partial charge in [-0.25, -0.2) is 0 Å². The fourth-order valence-electron chi connectivity index (χ4n) is 11.1. The van der Waals surface area contributed by atoms with Gasteiger partial charge in [0.1, 0.15) is 0 Å². The van der Waals surface area contributed by atoms with Crippen LogP contribution in [-0.4, -0.2) is 32.2 Å². The lowest BCUT2D eigenvalue weighted by Crippen LogP contribution is -2.74. The SMILES string of the molecule is c1ccc([Si](c2ccccc2)(c2ccccc2)c2cccc(-c3nc(-n4c5ccccc5c5ccccc54)nc(-n4c5ccccc5c5c6ccc(c54)CCc4ccc(cc4)CC6)n3)c2)cc1. The van der Waals surface area contributed by atoms with Crippen molar-refractivity contribution in [3.8, 4) is 23.3 Å². The van der Waals surface area contributed by atoms with Crippen LogP contribution in [0.4, 0.5) is 0 Å². The van der Waals surface area contributed by atoms with E-state index in [9.17, 15) is 0 Å². The van der Waals surface area contributed by atoms with Gasteiger partial charge >= 0.3 is 0 Å². The number of benzene rings is 9. The van der Waals surface area contributed by atoms with E-state index < -0.39 is 8.07 Å². The van der Waals surface area contributed by atoms with E-state index in [2.05, 4.69) is 234 Å². The van der Waals surface area contributed by atoms with Crippen molar-refractivity contribution in [3.05, 3.63) is 247 Å². The minimum atomic E-state index is -2.88. The molecule has 3 aromatic heterocycles. The molecule has 6 heteroatoms. The molecule has 5 nitrogen and oxygen atoms in total. The summed E-state index contributed by atoms with van der Waals surface area (Å²) in [6.45, 7) is 0. The summed E-state index contributed by atoms with van der Waals surface area (Å²) in [7, 11) is -2.88. The summed E-state index contributed by atoms with van der Waals surface area (Å²) >= 11 is 0. The molecule has 0 radical (unpaired) electrons. The first-order valence-corrected chi connectivity index (χ1v) is 25.4. The molecule has 0 spiro atoms. The lowest BCUT2D eigenvalue weighted by molar-refractivity contribution is 0.884. The molecule has 0 atom stereocenters. The average Bonchev–Trinajstić information content (AvgIpc) is 3.92. The van der Waals surface area contributed by atoms with Crippen molar-refractivity contribution in [2.75, 3.05) is 0 Å². The standard InChI is InChI=1S/C61H45N5Si/c1-4-18-47(19-5-1)67(48-20-6-2-7-21-48,49-22-8-3-9-23-49)50-24-16-17-46(41-50)59-62-60(65-54-28-13-10-25-51(54)52-26-11-14-29-55(52)65)64-61(63-59)66-56-30-15-12-27-53(56)57-44-37-35-42-31-33-43(34-32-42)36-38-45(40-39-44)58(57)66/h1-34,39-41H,35-38H2. The summed E-state index contributed by atoms with van der Waals surface area (Å²) in [5, 5.41) is 10.0. The highest BCUT2D eigenvalue weighted by molar-refractivity contribution is 7.19. The Balaban J connectivity index is 1.11. The molecule has 0 N–H and O–H groups in total. The predicted molar refractivity (Wildman–Crippen MR) is 279 cm³/mol. The van der Waals surface area contributed by atoms with E-state index in [0.717, 1.165) is 58.6 Å². The second-order valence-corrected chi connectivity index (χ2v) is 21.6. The maximum atomic E-state index is 5.63. The Hall–Kier alpha value is -8.19. The highest BCUT2D eigenvalue weighted by Crippen LogP contribution is 2.38. The van der Waals surface area contributed by atoms with Crippen LogP contribution in [0, 0.1) is 0 Å². The molecule has 3 heterocycles. The molecule has 12 aromatic rings. The van der Waals surface area contributed by atoms with Crippen LogP contribution in [0.1, 0.15) is 22.3 Å². The van der Waals surface area contributed by atoms with E-state index in [-0.39, 0.29) is 0 Å². The average molecular weight is 876 g/mol. The number of aromatic nitrogens is 5. The largest absolute Gasteiger partial charge is 0.278 e. The molecule has 0 fully saturated rings. The van der Waals surface area contributed by atoms with Crippen molar-refractivity contribution in [2.24, 2.45) is 0 Å². The van der Waals surface area contributed by atoms with Gasteiger partial charge in [-0.2, -0.15) is 15.0 Å². The molecule has 0 saturated heterocycles. The van der Waals surface area contributed by atoms with Crippen molar-refractivity contribution in [3.63, 3.8) is 0 Å². The van der Waals surface area contributed by atoms with Gasteiger partial charge in [-0.05, 0) is 86.9 Å². The Kier molecular flexibility index (Phi) is 9.39. The zero-order valence-electron chi connectivity index (χ0n) is 36.9. The van der Waals surface area contributed by atoms with E-state index in [0.29, 0.717) is 17.7 Å². The molecule has 67 heavy (non-hydrogen) atoms. The molecular weight excluding hydrogens is 831 g/mol. The Bertz CT molecular complexity index is 3650. The highest BCUT2D eigenvalue weighted by atomic mass is 28.3. The van der Waals surface area contributed by atoms with Crippen LogP contribution in [0.5, 0.6) is 0 Å². The second-order valence-electron chi connectivity index (χ2n) is 17.8. The normalized spacial score (nSPS) is 12.8. The predicted octanol–water partition coefficient (Wildman–Crippen LogP) is 11.0. The third-order valence-electron chi connectivity index (χ3n) is 14.1. The van der Waals surface area contributed by atoms with E-state index >= 15 is 0 Å². The van der Waals surface area contributed by atoms with Gasteiger partial charge in [-0.15, -0.1) is 0 Å². The van der Waals surface area contributed by atoms with Crippen LogP contribution in [-0.2, 0) is 25.7 Å². The van der Waals surface area contributed by atoms with Crippen LogP contribution < -0.4 is 20.7 Å². The number of hydrogen-bond acceptors (Lipinski definition) is 3. The van der Waals surface area contributed by atoms with Crippen molar-refractivity contribution in [1.82, 2.24) is 24.1 Å². The van der Waals surface area contributed by atoms with E-state index in [1.165, 1.54) is 59.3 Å². The molecule has 4 aliphatic rings. The Morgan fingerprint density at radius 1 is 0.343 bits per heavy atom. The Morgan fingerprint density at radius 2 is 0.791 bits per heavy atom. The van der Waals surface area contributed by atoms with Crippen LogP contribution in [0.2, 0.25) is 0 Å². The lowest BCUT2D eigenvalue weighted by atomic mass is 9.93. The maximum absolute atomic E-state index is 5.63. The number of rotatable bonds is 7. The molecule has 0 amide bonds. The number of aryl methyl sites for hydroxylation is 4. The molecule has 4 bridgehead atoms. The molecule has 0 unspecified atom stereocenters. The van der Waals surface area contributed by atoms with Gasteiger partial charge in [0.25, 0.3) is 0 Å². The number of hydrogen-bond donors (Lipinski definition) is 0. The lowest BCUT2D eigenvalue weighted by Gasteiger charge is -2.34. The van der Waals surface area contributed by atoms with Gasteiger partial charge in [0.05, 0.1) is 22.1 Å². The minimum Gasteiger partial charge on any atom is -0.278 e. The summed E-state index contributed by atoms with van der Waals surface area (Å²) < 4.78 is 4.58. The molecular formula is C61H45N5Si. The van der Waals surface area contributed by atoms with Crippen molar-refractivity contribution in [2.45, 2.75) is 25.7 Å². The van der Waals surface area contributed by atoms with Crippen LogP contribution in [0.3, 0.4) is 0 Å². The molecule has 0 aliphatic heterocycles. The van der Waals surface area contributed by atoms with Crippen molar-refractivity contribution in [1.29, 1.82) is 0 Å². The summed E-state index contributed by atoms with van der Waals surface area (Å²) in [6, 6.07) is 82.4. The second kappa shape index (κ2) is 16.1. The fraction of sp³-hybridized carbons (Fsp3) is 0.0656. The third-order valence-corrected chi connectivity index (χ3v) is 18.9. The van der Waals surface area contributed by atoms with E-state index in [1.807, 2.05) is 0 Å². The topological polar surface area (TPSA) is 48.5 Å². The van der Waals surface area contributed by atoms with Crippen LogP contribution in [0.15, 0.2) is 224 Å². The summed E-state index contributed by atoms with van der Waals surface area (Å²) in [5.74, 6) is 1.81. The maximum Gasteiger partial charge on any atom is 0.240 e. The van der Waals surface area contributed by atoms with Crippen molar-refractivity contribution >= 4 is 72.4 Å². The van der Waals surface area contributed by atoms with Gasteiger partial charge in [0.15, 0.2) is 13.9 Å². The quantitative estimate of drug-likeness (QED) is 0.118. The van der Waals surface area contributed by atoms with E-state index in [1.54, 1.807) is 0 Å². The Labute approximate surface area is 390 Å². The first-order valence-electron chi connectivity index (χ1n) is 23.4. The molecule has 0 saturated carbocycles. The fourth-order valence-corrected chi connectivity index (χ4v) is 15.9. The first kappa shape index (κ1) is 39.2. The van der Waals surface area contributed by atoms with Gasteiger partial charge in [-0.3, -0.25) is 9.13 Å². The van der Waals surface area contributed by atoms with Crippen LogP contribution >= 0.6 is 0 Å². The summed E-state index contributed by atoms with van der Waals surface area (Å²) in [6.07, 6.45) is 3.73. The number of fused-ring (bicyclic) bond motifs is 4. The van der Waals surface area contributed by atoms with Gasteiger partial charge < -0.3 is 0 Å². The highest BCUT2D eigenvalue weighted by Gasteiger charge is 2.41. The smallest absolute Gasteiger partial charge is 0.240 e. The van der Waals surface area contributed by atoms with Gasteiger partial charge in [-0.1, -0.05) is 206 Å². The Morgan fingerprint density at radius 3 is 1.36 bits per heavy atom. The van der Waals surface area contributed by atoms with Gasteiger partial charge in [0.2, 0.25) is 11.9 Å². The summed E-state index contributed by atoms with van der Waals surface area (Å²) in [5.41, 5.74) is 10.6. The first-order chi connectivity index (χ1) is 33.2. The monoisotopic (exact) mass is 875 g/mol.